The molecule has 0 aliphatic carbocycles. The molecule has 0 heterocycles. The summed E-state index contributed by atoms with van der Waals surface area (Å²) in [5, 5.41) is 14.3. The average molecular weight is 258 g/mol. The SMILES string of the molecule is CCCCCCCCNCC(NC(C)=O)C(=O)O. The van der Waals surface area contributed by atoms with E-state index in [1.165, 1.54) is 39.0 Å². The van der Waals surface area contributed by atoms with Gasteiger partial charge in [-0.25, -0.2) is 4.79 Å². The standard InChI is InChI=1S/C13H26N2O3/c1-3-4-5-6-7-8-9-14-10-12(13(17)18)15-11(2)16/h12,14H,3-10H2,1-2H3,(H,15,16)(H,17,18). The number of carbonyl (C=O) groups excluding carboxylic acids is 1. The Morgan fingerprint density at radius 2 is 1.72 bits per heavy atom. The third-order valence-corrected chi connectivity index (χ3v) is 2.73. The maximum Gasteiger partial charge on any atom is 0.327 e. The molecule has 18 heavy (non-hydrogen) atoms. The van der Waals surface area contributed by atoms with Crippen LogP contribution in [-0.4, -0.2) is 36.1 Å². The lowest BCUT2D eigenvalue weighted by atomic mass is 10.1. The quantitative estimate of drug-likeness (QED) is 0.491. The van der Waals surface area contributed by atoms with Crippen LogP contribution < -0.4 is 10.6 Å². The molecule has 0 rings (SSSR count). The average Bonchev–Trinajstić information content (AvgIpc) is 2.30. The smallest absolute Gasteiger partial charge is 0.327 e. The molecule has 0 radical (unpaired) electrons. The highest BCUT2D eigenvalue weighted by atomic mass is 16.4. The van der Waals surface area contributed by atoms with Crippen LogP contribution in [0.4, 0.5) is 0 Å². The largest absolute Gasteiger partial charge is 0.480 e. The normalized spacial score (nSPS) is 12.1. The Morgan fingerprint density at radius 3 is 2.28 bits per heavy atom. The third-order valence-electron chi connectivity index (χ3n) is 2.73. The summed E-state index contributed by atoms with van der Waals surface area (Å²) in [5.41, 5.74) is 0. The number of amides is 1. The maximum atomic E-state index is 10.8. The fraction of sp³-hybridized carbons (Fsp3) is 0.846. The third kappa shape index (κ3) is 10.1. The monoisotopic (exact) mass is 258 g/mol. The van der Waals surface area contributed by atoms with E-state index < -0.39 is 12.0 Å². The van der Waals surface area contributed by atoms with E-state index in [4.69, 9.17) is 5.11 Å². The molecule has 5 nitrogen and oxygen atoms in total. The summed E-state index contributed by atoms with van der Waals surface area (Å²) in [6.07, 6.45) is 7.27. The van der Waals surface area contributed by atoms with Gasteiger partial charge < -0.3 is 15.7 Å². The summed E-state index contributed by atoms with van der Waals surface area (Å²) in [4.78, 5) is 21.6. The van der Waals surface area contributed by atoms with E-state index in [0.717, 1.165) is 13.0 Å². The van der Waals surface area contributed by atoms with Crippen molar-refractivity contribution in [2.75, 3.05) is 13.1 Å². The van der Waals surface area contributed by atoms with Crippen LogP contribution in [0.3, 0.4) is 0 Å². The second-order valence-electron chi connectivity index (χ2n) is 4.56. The number of aliphatic carboxylic acids is 1. The van der Waals surface area contributed by atoms with E-state index in [-0.39, 0.29) is 12.5 Å². The van der Waals surface area contributed by atoms with Crippen LogP contribution >= 0.6 is 0 Å². The lowest BCUT2D eigenvalue weighted by Crippen LogP contribution is -2.46. The number of nitrogens with one attached hydrogen (secondary N) is 2. The molecule has 0 bridgehead atoms. The maximum absolute atomic E-state index is 10.8. The van der Waals surface area contributed by atoms with Gasteiger partial charge in [0.25, 0.3) is 0 Å². The molecular weight excluding hydrogens is 232 g/mol. The Morgan fingerprint density at radius 1 is 1.11 bits per heavy atom. The lowest BCUT2D eigenvalue weighted by Gasteiger charge is -2.13. The zero-order valence-electron chi connectivity index (χ0n) is 11.5. The van der Waals surface area contributed by atoms with E-state index in [2.05, 4.69) is 17.6 Å². The molecule has 0 aliphatic rings. The summed E-state index contributed by atoms with van der Waals surface area (Å²) < 4.78 is 0. The fourth-order valence-electron chi connectivity index (χ4n) is 1.72. The van der Waals surface area contributed by atoms with Gasteiger partial charge in [-0.3, -0.25) is 4.79 Å². The van der Waals surface area contributed by atoms with Gasteiger partial charge >= 0.3 is 5.97 Å². The van der Waals surface area contributed by atoms with Gasteiger partial charge in [-0.05, 0) is 13.0 Å². The zero-order valence-corrected chi connectivity index (χ0v) is 11.5. The van der Waals surface area contributed by atoms with Crippen molar-refractivity contribution in [1.82, 2.24) is 10.6 Å². The first-order valence-electron chi connectivity index (χ1n) is 6.78. The molecule has 3 N–H and O–H groups in total. The molecule has 1 amide bonds. The molecular formula is C13H26N2O3. The van der Waals surface area contributed by atoms with Crippen molar-refractivity contribution < 1.29 is 14.7 Å². The van der Waals surface area contributed by atoms with E-state index in [9.17, 15) is 9.59 Å². The van der Waals surface area contributed by atoms with E-state index >= 15 is 0 Å². The van der Waals surface area contributed by atoms with Crippen molar-refractivity contribution in [3.63, 3.8) is 0 Å². The van der Waals surface area contributed by atoms with Crippen LogP contribution in [0.25, 0.3) is 0 Å². The Labute approximate surface area is 109 Å². The van der Waals surface area contributed by atoms with E-state index in [1.54, 1.807) is 0 Å². The minimum Gasteiger partial charge on any atom is -0.480 e. The predicted octanol–water partition coefficient (Wildman–Crippen LogP) is 1.53. The number of hydrogen-bond acceptors (Lipinski definition) is 3. The number of carboxylic acids is 1. The van der Waals surface area contributed by atoms with Crippen molar-refractivity contribution in [2.45, 2.75) is 58.4 Å². The highest BCUT2D eigenvalue weighted by Gasteiger charge is 2.16. The number of carbonyl (C=O) groups is 2. The topological polar surface area (TPSA) is 78.4 Å². The second kappa shape index (κ2) is 11.0. The summed E-state index contributed by atoms with van der Waals surface area (Å²) in [5.74, 6) is -1.32. The van der Waals surface area contributed by atoms with Gasteiger partial charge in [-0.15, -0.1) is 0 Å². The van der Waals surface area contributed by atoms with Gasteiger partial charge in [-0.1, -0.05) is 39.0 Å². The minimum atomic E-state index is -0.999. The zero-order chi connectivity index (χ0) is 13.8. The molecule has 0 aromatic heterocycles. The molecule has 5 heteroatoms. The molecule has 0 saturated heterocycles. The first-order chi connectivity index (χ1) is 8.57. The summed E-state index contributed by atoms with van der Waals surface area (Å²) in [7, 11) is 0. The van der Waals surface area contributed by atoms with Gasteiger partial charge in [0, 0.05) is 13.5 Å². The predicted molar refractivity (Wildman–Crippen MR) is 71.5 cm³/mol. The van der Waals surface area contributed by atoms with E-state index in [1.807, 2.05) is 0 Å². The van der Waals surface area contributed by atoms with Gasteiger partial charge in [0.15, 0.2) is 0 Å². The first kappa shape index (κ1) is 16.9. The van der Waals surface area contributed by atoms with Crippen LogP contribution in [0, 0.1) is 0 Å². The molecule has 0 aromatic carbocycles. The van der Waals surface area contributed by atoms with Crippen molar-refractivity contribution in [1.29, 1.82) is 0 Å². The van der Waals surface area contributed by atoms with Crippen molar-refractivity contribution >= 4 is 11.9 Å². The number of carboxylic acid groups (broad SMARTS) is 1. The molecule has 0 saturated carbocycles. The molecule has 106 valence electrons. The van der Waals surface area contributed by atoms with Gasteiger partial charge in [0.05, 0.1) is 0 Å². The van der Waals surface area contributed by atoms with Crippen molar-refractivity contribution in [3.8, 4) is 0 Å². The summed E-state index contributed by atoms with van der Waals surface area (Å²) in [6.45, 7) is 4.60. The first-order valence-corrected chi connectivity index (χ1v) is 6.78. The Bertz CT molecular complexity index is 244. The Hall–Kier alpha value is -1.10. The van der Waals surface area contributed by atoms with Crippen LogP contribution in [0.15, 0.2) is 0 Å². The molecule has 0 fully saturated rings. The fourth-order valence-corrected chi connectivity index (χ4v) is 1.72. The van der Waals surface area contributed by atoms with Crippen LogP contribution in [0.2, 0.25) is 0 Å². The highest BCUT2D eigenvalue weighted by Crippen LogP contribution is 2.03. The number of unbranched alkanes of at least 4 members (excludes halogenated alkanes) is 5. The van der Waals surface area contributed by atoms with Gasteiger partial charge in [-0.2, -0.15) is 0 Å². The molecule has 0 aliphatic heterocycles. The van der Waals surface area contributed by atoms with Gasteiger partial charge in [0.1, 0.15) is 6.04 Å². The van der Waals surface area contributed by atoms with Crippen LogP contribution in [-0.2, 0) is 9.59 Å². The van der Waals surface area contributed by atoms with Crippen molar-refractivity contribution in [3.05, 3.63) is 0 Å². The minimum absolute atomic E-state index is 0.282. The van der Waals surface area contributed by atoms with E-state index in [0.29, 0.717) is 0 Å². The summed E-state index contributed by atoms with van der Waals surface area (Å²) in [6, 6.07) is -0.831. The molecule has 0 aromatic rings. The lowest BCUT2D eigenvalue weighted by molar-refractivity contribution is -0.141. The number of rotatable bonds is 11. The second-order valence-corrected chi connectivity index (χ2v) is 4.56. The summed E-state index contributed by atoms with van der Waals surface area (Å²) >= 11 is 0. The van der Waals surface area contributed by atoms with Crippen LogP contribution in [0.5, 0.6) is 0 Å². The Kier molecular flexibility index (Phi) is 10.3. The van der Waals surface area contributed by atoms with Crippen LogP contribution in [0.1, 0.15) is 52.4 Å². The Balaban J connectivity index is 3.49. The van der Waals surface area contributed by atoms with Gasteiger partial charge in [0.2, 0.25) is 5.91 Å². The molecule has 1 atom stereocenters. The molecule has 1 unspecified atom stereocenters. The number of hydrogen-bond donors (Lipinski definition) is 3. The molecule has 0 spiro atoms. The highest BCUT2D eigenvalue weighted by molar-refractivity contribution is 5.82. The van der Waals surface area contributed by atoms with Crippen molar-refractivity contribution in [2.24, 2.45) is 0 Å².